The van der Waals surface area contributed by atoms with Crippen LogP contribution in [0.4, 0.5) is 22.0 Å². The SMILES string of the molecule is O=C(NNC(=O)c1ccc(F)cc1F)c1ccc(C2=NOC(c3cc(Cl)cc(Cl)c3)(C(F)(F)F)C2)cc1. The molecule has 0 spiro atoms. The summed E-state index contributed by atoms with van der Waals surface area (Å²) >= 11 is 11.8. The van der Waals surface area contributed by atoms with E-state index in [1.54, 1.807) is 0 Å². The van der Waals surface area contributed by atoms with E-state index in [2.05, 4.69) is 10.6 Å². The number of nitrogens with one attached hydrogen (secondary N) is 2. The Labute approximate surface area is 216 Å². The van der Waals surface area contributed by atoms with E-state index in [0.717, 1.165) is 24.3 Å². The molecule has 0 fully saturated rings. The Morgan fingerprint density at radius 3 is 2.11 bits per heavy atom. The summed E-state index contributed by atoms with van der Waals surface area (Å²) in [6.07, 6.45) is -5.55. The van der Waals surface area contributed by atoms with Gasteiger partial charge in [0.25, 0.3) is 17.4 Å². The normalized spacial score (nSPS) is 17.1. The monoisotopic (exact) mass is 557 g/mol. The van der Waals surface area contributed by atoms with Gasteiger partial charge in [0.1, 0.15) is 11.6 Å². The maximum atomic E-state index is 14.1. The van der Waals surface area contributed by atoms with Crippen LogP contribution in [0.3, 0.4) is 0 Å². The predicted molar refractivity (Wildman–Crippen MR) is 124 cm³/mol. The molecule has 1 heterocycles. The molecule has 1 atom stereocenters. The molecule has 0 saturated heterocycles. The van der Waals surface area contributed by atoms with E-state index >= 15 is 0 Å². The topological polar surface area (TPSA) is 79.8 Å². The molecule has 6 nitrogen and oxygen atoms in total. The fourth-order valence-corrected chi connectivity index (χ4v) is 4.11. The first kappa shape index (κ1) is 26.4. The second kappa shape index (κ2) is 9.98. The lowest BCUT2D eigenvalue weighted by atomic mass is 9.86. The highest BCUT2D eigenvalue weighted by atomic mass is 35.5. The van der Waals surface area contributed by atoms with Gasteiger partial charge in [0, 0.05) is 33.7 Å². The third kappa shape index (κ3) is 5.37. The summed E-state index contributed by atoms with van der Waals surface area (Å²) in [5, 5.41) is 3.62. The van der Waals surface area contributed by atoms with Gasteiger partial charge in [-0.3, -0.25) is 20.4 Å². The zero-order chi connectivity index (χ0) is 27.0. The molecule has 2 amide bonds. The highest BCUT2D eigenvalue weighted by molar-refractivity contribution is 6.34. The lowest BCUT2D eigenvalue weighted by Crippen LogP contribution is -2.42. The van der Waals surface area contributed by atoms with Crippen LogP contribution in [-0.4, -0.2) is 23.7 Å². The Morgan fingerprint density at radius 1 is 0.892 bits per heavy atom. The molecule has 1 unspecified atom stereocenters. The van der Waals surface area contributed by atoms with Gasteiger partial charge in [0.2, 0.25) is 0 Å². The summed E-state index contributed by atoms with van der Waals surface area (Å²) in [7, 11) is 0. The van der Waals surface area contributed by atoms with E-state index < -0.39 is 47.2 Å². The standard InChI is InChI=1S/C24H14Cl2F5N3O3/c25-15-7-14(8-16(26)9-15)23(24(29,30)31)11-20(34-37-23)12-1-3-13(4-2-12)21(35)32-33-22(36)18-6-5-17(27)10-19(18)28/h1-10H,11H2,(H,32,35)(H,33,36). The van der Waals surface area contributed by atoms with Crippen LogP contribution in [-0.2, 0) is 10.4 Å². The van der Waals surface area contributed by atoms with Crippen LogP contribution in [0.15, 0.2) is 65.8 Å². The molecule has 0 radical (unpaired) electrons. The molecule has 1 aliphatic rings. The maximum absolute atomic E-state index is 14.1. The zero-order valence-electron chi connectivity index (χ0n) is 18.3. The first-order chi connectivity index (χ1) is 17.4. The number of alkyl halides is 3. The van der Waals surface area contributed by atoms with Crippen molar-refractivity contribution in [2.24, 2.45) is 5.16 Å². The summed E-state index contributed by atoms with van der Waals surface area (Å²) in [4.78, 5) is 29.3. The van der Waals surface area contributed by atoms with Crippen molar-refractivity contribution in [2.75, 3.05) is 0 Å². The van der Waals surface area contributed by atoms with Crippen molar-refractivity contribution in [3.63, 3.8) is 0 Å². The molecule has 3 aromatic rings. The Hall–Kier alpha value is -3.70. The van der Waals surface area contributed by atoms with Crippen LogP contribution < -0.4 is 10.9 Å². The number of oxime groups is 1. The number of halogens is 7. The van der Waals surface area contributed by atoms with Crippen LogP contribution in [0.5, 0.6) is 0 Å². The molecule has 0 bridgehead atoms. The van der Waals surface area contributed by atoms with Crippen molar-refractivity contribution in [1.29, 1.82) is 0 Å². The number of amides is 2. The first-order valence-electron chi connectivity index (χ1n) is 10.3. The van der Waals surface area contributed by atoms with Gasteiger partial charge >= 0.3 is 6.18 Å². The Bertz CT molecular complexity index is 1390. The van der Waals surface area contributed by atoms with Crippen molar-refractivity contribution in [3.05, 3.63) is 105 Å². The second-order valence-electron chi connectivity index (χ2n) is 7.90. The summed E-state index contributed by atoms with van der Waals surface area (Å²) in [5.41, 5.74) is 0.652. The molecule has 192 valence electrons. The van der Waals surface area contributed by atoms with E-state index in [9.17, 15) is 31.5 Å². The van der Waals surface area contributed by atoms with Gasteiger partial charge in [-0.05, 0) is 48.0 Å². The highest BCUT2D eigenvalue weighted by Gasteiger charge is 2.62. The van der Waals surface area contributed by atoms with E-state index in [1.165, 1.54) is 30.3 Å². The van der Waals surface area contributed by atoms with Gasteiger partial charge in [0.05, 0.1) is 11.3 Å². The molecular weight excluding hydrogens is 544 g/mol. The maximum Gasteiger partial charge on any atom is 0.435 e. The molecule has 0 aliphatic carbocycles. The van der Waals surface area contributed by atoms with Crippen molar-refractivity contribution < 1.29 is 36.4 Å². The van der Waals surface area contributed by atoms with Crippen molar-refractivity contribution >= 4 is 40.7 Å². The van der Waals surface area contributed by atoms with Gasteiger partial charge in [-0.1, -0.05) is 40.5 Å². The summed E-state index contributed by atoms with van der Waals surface area (Å²) in [6, 6.07) is 11.0. The van der Waals surface area contributed by atoms with Gasteiger partial charge in [-0.15, -0.1) is 0 Å². The van der Waals surface area contributed by atoms with Crippen LogP contribution in [0.1, 0.15) is 38.3 Å². The number of carbonyl (C=O) groups is 2. The van der Waals surface area contributed by atoms with Gasteiger partial charge in [0.15, 0.2) is 0 Å². The average Bonchev–Trinajstić information content (AvgIpc) is 3.29. The fourth-order valence-electron chi connectivity index (χ4n) is 3.59. The first-order valence-corrected chi connectivity index (χ1v) is 11.1. The largest absolute Gasteiger partial charge is 0.435 e. The van der Waals surface area contributed by atoms with Crippen LogP contribution in [0.2, 0.25) is 10.0 Å². The van der Waals surface area contributed by atoms with Crippen molar-refractivity contribution in [2.45, 2.75) is 18.2 Å². The smallest absolute Gasteiger partial charge is 0.374 e. The number of nitrogens with zero attached hydrogens (tertiary/aromatic N) is 1. The average molecular weight is 558 g/mol. The van der Waals surface area contributed by atoms with Gasteiger partial charge in [-0.2, -0.15) is 13.2 Å². The molecule has 1 aliphatic heterocycles. The molecule has 0 saturated carbocycles. The number of benzene rings is 3. The molecule has 4 rings (SSSR count). The van der Waals surface area contributed by atoms with Crippen molar-refractivity contribution in [3.8, 4) is 0 Å². The second-order valence-corrected chi connectivity index (χ2v) is 8.77. The highest BCUT2D eigenvalue weighted by Crippen LogP contribution is 2.49. The number of carbonyl (C=O) groups excluding carboxylic acids is 2. The molecule has 37 heavy (non-hydrogen) atoms. The molecule has 0 aromatic heterocycles. The zero-order valence-corrected chi connectivity index (χ0v) is 19.8. The molecule has 3 aromatic carbocycles. The lowest BCUT2D eigenvalue weighted by Gasteiger charge is -2.29. The number of hydrazine groups is 1. The quantitative estimate of drug-likeness (QED) is 0.308. The Morgan fingerprint density at radius 2 is 1.51 bits per heavy atom. The molecular formula is C24H14Cl2F5N3O3. The lowest BCUT2D eigenvalue weighted by molar-refractivity contribution is -0.275. The minimum atomic E-state index is -4.87. The minimum Gasteiger partial charge on any atom is -0.374 e. The minimum absolute atomic E-state index is 0.00667. The predicted octanol–water partition coefficient (Wildman–Crippen LogP) is 5.93. The Balaban J connectivity index is 1.46. The molecule has 2 N–H and O–H groups in total. The van der Waals surface area contributed by atoms with Crippen LogP contribution in [0, 0.1) is 11.6 Å². The summed E-state index contributed by atoms with van der Waals surface area (Å²) < 4.78 is 69.1. The number of rotatable bonds is 4. The summed E-state index contributed by atoms with van der Waals surface area (Å²) in [6.45, 7) is 0. The van der Waals surface area contributed by atoms with E-state index in [0.29, 0.717) is 6.07 Å². The fraction of sp³-hybridized carbons (Fsp3) is 0.125. The van der Waals surface area contributed by atoms with E-state index in [1.807, 2.05) is 5.43 Å². The van der Waals surface area contributed by atoms with Crippen molar-refractivity contribution in [1.82, 2.24) is 10.9 Å². The van der Waals surface area contributed by atoms with Crippen LogP contribution >= 0.6 is 23.2 Å². The Kier molecular flexibility index (Phi) is 7.11. The third-order valence-corrected chi connectivity index (χ3v) is 5.90. The van der Waals surface area contributed by atoms with Crippen LogP contribution in [0.25, 0.3) is 0 Å². The van der Waals surface area contributed by atoms with Gasteiger partial charge < -0.3 is 4.84 Å². The van der Waals surface area contributed by atoms with E-state index in [4.69, 9.17) is 28.0 Å². The van der Waals surface area contributed by atoms with Gasteiger partial charge in [-0.25, -0.2) is 8.78 Å². The number of hydrogen-bond acceptors (Lipinski definition) is 4. The van der Waals surface area contributed by atoms with E-state index in [-0.39, 0.29) is 32.4 Å². The number of hydrogen-bond donors (Lipinski definition) is 2. The summed E-state index contributed by atoms with van der Waals surface area (Å²) in [5.74, 6) is -3.82. The third-order valence-electron chi connectivity index (χ3n) is 5.46. The molecule has 13 heteroatoms.